The summed E-state index contributed by atoms with van der Waals surface area (Å²) in [5.74, 6) is 1.65. The molecule has 0 fully saturated rings. The van der Waals surface area contributed by atoms with E-state index < -0.39 is 0 Å². The number of carbonyl (C=O) groups is 1. The lowest BCUT2D eigenvalue weighted by atomic mass is 10.2. The molecule has 0 spiro atoms. The molecule has 0 saturated carbocycles. The molecule has 0 aliphatic rings. The van der Waals surface area contributed by atoms with E-state index in [0.29, 0.717) is 30.5 Å². The quantitative estimate of drug-likeness (QED) is 0.714. The number of amides is 1. The van der Waals surface area contributed by atoms with E-state index in [1.807, 2.05) is 43.3 Å². The Labute approximate surface area is 154 Å². The lowest BCUT2D eigenvalue weighted by molar-refractivity contribution is -0.120. The molecule has 7 heteroatoms. The average molecular weight is 366 g/mol. The fourth-order valence-corrected chi connectivity index (χ4v) is 2.04. The van der Waals surface area contributed by atoms with Crippen molar-refractivity contribution in [2.75, 3.05) is 20.2 Å². The normalized spacial score (nSPS) is 9.84. The Kier molecular flexibility index (Phi) is 9.36. The summed E-state index contributed by atoms with van der Waals surface area (Å²) in [5.41, 5.74) is 0.798. The SMILES string of the molecule is CCCOc1ccccc1Oc1ncccc1CNC(=O)CNC.Cl. The number of pyridine rings is 1. The molecule has 1 heterocycles. The first-order chi connectivity index (χ1) is 11.7. The molecule has 6 nitrogen and oxygen atoms in total. The first-order valence-electron chi connectivity index (χ1n) is 7.99. The Balaban J connectivity index is 0.00000312. The smallest absolute Gasteiger partial charge is 0.234 e. The molecule has 25 heavy (non-hydrogen) atoms. The summed E-state index contributed by atoms with van der Waals surface area (Å²) in [6, 6.07) is 11.2. The van der Waals surface area contributed by atoms with Crippen LogP contribution in [0, 0.1) is 0 Å². The highest BCUT2D eigenvalue weighted by Crippen LogP contribution is 2.31. The van der Waals surface area contributed by atoms with E-state index in [4.69, 9.17) is 9.47 Å². The fourth-order valence-electron chi connectivity index (χ4n) is 2.04. The van der Waals surface area contributed by atoms with Crippen molar-refractivity contribution in [3.05, 3.63) is 48.2 Å². The van der Waals surface area contributed by atoms with Crippen molar-refractivity contribution in [1.29, 1.82) is 0 Å². The van der Waals surface area contributed by atoms with E-state index in [1.54, 1.807) is 13.2 Å². The number of ether oxygens (including phenoxy) is 2. The molecule has 0 aliphatic heterocycles. The van der Waals surface area contributed by atoms with Crippen LogP contribution >= 0.6 is 12.4 Å². The summed E-state index contributed by atoms with van der Waals surface area (Å²) in [7, 11) is 1.73. The van der Waals surface area contributed by atoms with Gasteiger partial charge in [0.1, 0.15) is 0 Å². The van der Waals surface area contributed by atoms with Crippen molar-refractivity contribution < 1.29 is 14.3 Å². The van der Waals surface area contributed by atoms with Crippen molar-refractivity contribution in [2.45, 2.75) is 19.9 Å². The number of para-hydroxylation sites is 2. The minimum atomic E-state index is -0.0843. The summed E-state index contributed by atoms with van der Waals surface area (Å²) in [4.78, 5) is 15.9. The van der Waals surface area contributed by atoms with Crippen LogP contribution < -0.4 is 20.1 Å². The highest BCUT2D eigenvalue weighted by Gasteiger charge is 2.11. The Morgan fingerprint density at radius 2 is 1.92 bits per heavy atom. The molecule has 0 atom stereocenters. The van der Waals surface area contributed by atoms with Crippen LogP contribution in [0.4, 0.5) is 0 Å². The second-order valence-corrected chi connectivity index (χ2v) is 5.17. The minimum Gasteiger partial charge on any atom is -0.490 e. The zero-order valence-corrected chi connectivity index (χ0v) is 15.3. The van der Waals surface area contributed by atoms with Crippen LogP contribution in [0.25, 0.3) is 0 Å². The van der Waals surface area contributed by atoms with Gasteiger partial charge in [-0.05, 0) is 31.7 Å². The van der Waals surface area contributed by atoms with Gasteiger partial charge < -0.3 is 20.1 Å². The third kappa shape index (κ3) is 6.60. The first-order valence-corrected chi connectivity index (χ1v) is 7.99. The number of benzene rings is 1. The van der Waals surface area contributed by atoms with Gasteiger partial charge in [0.25, 0.3) is 0 Å². The van der Waals surface area contributed by atoms with Gasteiger partial charge in [0.2, 0.25) is 11.8 Å². The van der Waals surface area contributed by atoms with Crippen molar-refractivity contribution in [1.82, 2.24) is 15.6 Å². The highest BCUT2D eigenvalue weighted by atomic mass is 35.5. The minimum absolute atomic E-state index is 0. The average Bonchev–Trinajstić information content (AvgIpc) is 2.60. The van der Waals surface area contributed by atoms with E-state index in [0.717, 1.165) is 12.0 Å². The maximum atomic E-state index is 11.6. The zero-order valence-electron chi connectivity index (χ0n) is 14.5. The third-order valence-corrected chi connectivity index (χ3v) is 3.18. The molecular formula is C18H24ClN3O3. The van der Waals surface area contributed by atoms with E-state index >= 15 is 0 Å². The summed E-state index contributed by atoms with van der Waals surface area (Å²) in [6.07, 6.45) is 2.57. The molecule has 0 bridgehead atoms. The van der Waals surface area contributed by atoms with Gasteiger partial charge in [-0.3, -0.25) is 4.79 Å². The number of hydrogen-bond donors (Lipinski definition) is 2. The molecule has 136 valence electrons. The number of rotatable bonds is 9. The second kappa shape index (κ2) is 11.3. The van der Waals surface area contributed by atoms with Gasteiger partial charge in [-0.1, -0.05) is 25.1 Å². The van der Waals surface area contributed by atoms with Gasteiger partial charge in [0.15, 0.2) is 11.5 Å². The molecule has 0 aliphatic carbocycles. The predicted molar refractivity (Wildman–Crippen MR) is 99.6 cm³/mol. The number of aromatic nitrogens is 1. The Bertz CT molecular complexity index is 668. The monoisotopic (exact) mass is 365 g/mol. The molecule has 2 rings (SSSR count). The van der Waals surface area contributed by atoms with Crippen LogP contribution in [0.1, 0.15) is 18.9 Å². The van der Waals surface area contributed by atoms with Crippen molar-refractivity contribution in [3.8, 4) is 17.4 Å². The van der Waals surface area contributed by atoms with Crippen LogP contribution in [-0.2, 0) is 11.3 Å². The van der Waals surface area contributed by atoms with Crippen LogP contribution in [0.15, 0.2) is 42.6 Å². The molecule has 0 saturated heterocycles. The van der Waals surface area contributed by atoms with Crippen molar-refractivity contribution >= 4 is 18.3 Å². The number of nitrogens with zero attached hydrogens (tertiary/aromatic N) is 1. The molecular weight excluding hydrogens is 342 g/mol. The molecule has 1 aromatic carbocycles. The lowest BCUT2D eigenvalue weighted by Gasteiger charge is -2.14. The maximum Gasteiger partial charge on any atom is 0.234 e. The van der Waals surface area contributed by atoms with E-state index in [9.17, 15) is 4.79 Å². The van der Waals surface area contributed by atoms with Gasteiger partial charge in [0, 0.05) is 18.3 Å². The van der Waals surface area contributed by atoms with Crippen LogP contribution in [-0.4, -0.2) is 31.1 Å². The summed E-state index contributed by atoms with van der Waals surface area (Å²) in [6.45, 7) is 3.29. The zero-order chi connectivity index (χ0) is 17.2. The molecule has 2 aromatic rings. The lowest BCUT2D eigenvalue weighted by Crippen LogP contribution is -2.31. The van der Waals surface area contributed by atoms with Gasteiger partial charge in [-0.15, -0.1) is 12.4 Å². The number of halogens is 1. The molecule has 0 unspecified atom stereocenters. The van der Waals surface area contributed by atoms with Crippen LogP contribution in [0.5, 0.6) is 17.4 Å². The fraction of sp³-hybridized carbons (Fsp3) is 0.333. The Morgan fingerprint density at radius 1 is 1.16 bits per heavy atom. The summed E-state index contributed by atoms with van der Waals surface area (Å²) in [5, 5.41) is 5.63. The largest absolute Gasteiger partial charge is 0.490 e. The van der Waals surface area contributed by atoms with Gasteiger partial charge >= 0.3 is 0 Å². The highest BCUT2D eigenvalue weighted by molar-refractivity contribution is 5.85. The van der Waals surface area contributed by atoms with Crippen LogP contribution in [0.2, 0.25) is 0 Å². The van der Waals surface area contributed by atoms with E-state index in [2.05, 4.69) is 15.6 Å². The number of nitrogens with one attached hydrogen (secondary N) is 2. The second-order valence-electron chi connectivity index (χ2n) is 5.17. The van der Waals surface area contributed by atoms with E-state index in [1.165, 1.54) is 0 Å². The van der Waals surface area contributed by atoms with Gasteiger partial charge in [-0.2, -0.15) is 0 Å². The maximum absolute atomic E-state index is 11.6. The molecule has 2 N–H and O–H groups in total. The van der Waals surface area contributed by atoms with Crippen molar-refractivity contribution in [2.24, 2.45) is 0 Å². The van der Waals surface area contributed by atoms with Gasteiger partial charge in [0.05, 0.1) is 13.2 Å². The predicted octanol–water partition coefficient (Wildman–Crippen LogP) is 2.92. The van der Waals surface area contributed by atoms with Crippen molar-refractivity contribution in [3.63, 3.8) is 0 Å². The Morgan fingerprint density at radius 3 is 2.64 bits per heavy atom. The molecule has 1 aromatic heterocycles. The van der Waals surface area contributed by atoms with E-state index in [-0.39, 0.29) is 24.9 Å². The first kappa shape index (κ1) is 20.7. The Hall–Kier alpha value is -2.31. The molecule has 1 amide bonds. The standard InChI is InChI=1S/C18H23N3O3.ClH/c1-3-11-23-15-8-4-5-9-16(15)24-18-14(7-6-10-20-18)12-21-17(22)13-19-2;/h4-10,19H,3,11-13H2,1-2H3,(H,21,22);1H. The number of carbonyl (C=O) groups excluding carboxylic acids is 1. The number of likely N-dealkylation sites (N-methyl/N-ethyl adjacent to an activating group) is 1. The summed E-state index contributed by atoms with van der Waals surface area (Å²) < 4.78 is 11.6. The molecule has 0 radical (unpaired) electrons. The third-order valence-electron chi connectivity index (χ3n) is 3.18. The number of hydrogen-bond acceptors (Lipinski definition) is 5. The topological polar surface area (TPSA) is 72.5 Å². The van der Waals surface area contributed by atoms with Gasteiger partial charge in [-0.25, -0.2) is 4.98 Å². The van der Waals surface area contributed by atoms with Crippen LogP contribution in [0.3, 0.4) is 0 Å². The summed E-state index contributed by atoms with van der Waals surface area (Å²) >= 11 is 0.